The fraction of sp³-hybridized carbons (Fsp3) is 0.519. The molecule has 4 rings (SSSR count). The van der Waals surface area contributed by atoms with Crippen molar-refractivity contribution in [2.75, 3.05) is 49.6 Å². The number of thiophene rings is 1. The molecule has 2 heterocycles. The Balaban J connectivity index is 1.55. The maximum Gasteiger partial charge on any atom is 0.265 e. The van der Waals surface area contributed by atoms with Crippen LogP contribution in [0.25, 0.3) is 0 Å². The van der Waals surface area contributed by atoms with Crippen LogP contribution in [-0.2, 0) is 14.3 Å². The number of hydrogen-bond donors (Lipinski definition) is 2. The number of benzene rings is 1. The van der Waals surface area contributed by atoms with E-state index in [2.05, 4.69) is 29.4 Å². The number of anilines is 2. The van der Waals surface area contributed by atoms with Crippen molar-refractivity contribution in [3.8, 4) is 0 Å². The Morgan fingerprint density at radius 3 is 2.62 bits per heavy atom. The molecule has 12 heteroatoms. The van der Waals surface area contributed by atoms with Crippen LogP contribution in [0.15, 0.2) is 30.3 Å². The summed E-state index contributed by atoms with van der Waals surface area (Å²) < 4.78 is 33.7. The normalized spacial score (nSPS) is 16.7. The lowest BCUT2D eigenvalue weighted by Gasteiger charge is -2.32. The van der Waals surface area contributed by atoms with Crippen LogP contribution in [0.1, 0.15) is 48.3 Å². The third-order valence-corrected chi connectivity index (χ3v) is 7.82. The molecule has 1 aliphatic carbocycles. The van der Waals surface area contributed by atoms with E-state index in [1.807, 2.05) is 0 Å². The molecule has 1 aliphatic heterocycles. The molecule has 3 amide bonds. The van der Waals surface area contributed by atoms with Crippen molar-refractivity contribution in [2.45, 2.75) is 39.2 Å². The summed E-state index contributed by atoms with van der Waals surface area (Å²) in [6, 6.07) is 6.69. The third kappa shape index (κ3) is 7.97. The van der Waals surface area contributed by atoms with E-state index in [4.69, 9.17) is 16.3 Å². The van der Waals surface area contributed by atoms with Crippen molar-refractivity contribution >= 4 is 52.0 Å². The van der Waals surface area contributed by atoms with Gasteiger partial charge in [0.05, 0.1) is 21.5 Å². The van der Waals surface area contributed by atoms with Crippen molar-refractivity contribution in [1.29, 1.82) is 0 Å². The van der Waals surface area contributed by atoms with Crippen LogP contribution < -0.4 is 15.5 Å². The van der Waals surface area contributed by atoms with E-state index < -0.39 is 24.3 Å². The fourth-order valence-corrected chi connectivity index (χ4v) is 5.54. The molecular formula is C27H33ClF2N4O4S. The number of rotatable bonds is 12. The van der Waals surface area contributed by atoms with Gasteiger partial charge in [-0.2, -0.15) is 0 Å². The molecule has 2 N–H and O–H groups in total. The lowest BCUT2D eigenvalue weighted by molar-refractivity contribution is -0.125. The first-order chi connectivity index (χ1) is 18.6. The largest absolute Gasteiger partial charge is 0.370 e. The quantitative estimate of drug-likeness (QED) is 0.375. The maximum atomic E-state index is 14.0. The number of amides is 3. The first-order valence-corrected chi connectivity index (χ1v) is 14.2. The Labute approximate surface area is 235 Å². The summed E-state index contributed by atoms with van der Waals surface area (Å²) in [5.41, 5.74) is -0.0542. The summed E-state index contributed by atoms with van der Waals surface area (Å²) in [6.07, 6.45) is -0.683. The van der Waals surface area contributed by atoms with Gasteiger partial charge >= 0.3 is 0 Å². The number of carbonyl (C=O) groups is 3. The van der Waals surface area contributed by atoms with E-state index in [9.17, 15) is 23.2 Å². The minimum absolute atomic E-state index is 0.0433. The molecule has 0 spiro atoms. The minimum Gasteiger partial charge on any atom is -0.370 e. The molecule has 8 nitrogen and oxygen atoms in total. The van der Waals surface area contributed by atoms with Gasteiger partial charge in [0, 0.05) is 37.4 Å². The lowest BCUT2D eigenvalue weighted by Crippen LogP contribution is -2.52. The second-order valence-electron chi connectivity index (χ2n) is 10.3. The van der Waals surface area contributed by atoms with Crippen LogP contribution in [-0.4, -0.2) is 68.1 Å². The van der Waals surface area contributed by atoms with Crippen LogP contribution in [0.4, 0.5) is 20.2 Å². The second kappa shape index (κ2) is 13.2. The Hall–Kier alpha value is -2.60. The smallest absolute Gasteiger partial charge is 0.265 e. The van der Waals surface area contributed by atoms with Gasteiger partial charge in [-0.15, -0.1) is 11.3 Å². The first kappa shape index (κ1) is 29.4. The van der Waals surface area contributed by atoms with Crippen LogP contribution in [0, 0.1) is 11.8 Å². The highest BCUT2D eigenvalue weighted by atomic mass is 35.5. The van der Waals surface area contributed by atoms with Crippen LogP contribution in [0.5, 0.6) is 0 Å². The van der Waals surface area contributed by atoms with Gasteiger partial charge < -0.3 is 20.3 Å². The molecule has 2 aromatic rings. The van der Waals surface area contributed by atoms with Gasteiger partial charge in [-0.3, -0.25) is 19.3 Å². The molecule has 1 atom stereocenters. The average molecular weight is 583 g/mol. The standard InChI is InChI=1S/C27H33ClF2N4O4S/c1-16(2)13-33(14-17-3-4-17)21(12-31-27(37)22-7-8-23(28)39-22)26(36)32-18-5-6-20(19(11-18)25(29)30)34-9-10-38-15-24(34)35/h5-8,11,16-17,21,25H,3-4,9-10,12-15H2,1-2H3,(H,31,37)(H,32,36)/t21-/m1/s1. The Kier molecular flexibility index (Phi) is 9.92. The van der Waals surface area contributed by atoms with Crippen LogP contribution in [0.2, 0.25) is 4.34 Å². The van der Waals surface area contributed by atoms with E-state index >= 15 is 0 Å². The SMILES string of the molecule is CC(C)CN(CC1CC1)[C@H](CNC(=O)c1ccc(Cl)s1)C(=O)Nc1ccc(N2CCOCC2=O)c(C(F)F)c1. The summed E-state index contributed by atoms with van der Waals surface area (Å²) in [7, 11) is 0. The van der Waals surface area contributed by atoms with E-state index in [0.29, 0.717) is 28.2 Å². The number of ether oxygens (including phenoxy) is 1. The molecule has 39 heavy (non-hydrogen) atoms. The first-order valence-electron chi connectivity index (χ1n) is 13.0. The number of nitrogens with zero attached hydrogens (tertiary/aromatic N) is 2. The summed E-state index contributed by atoms with van der Waals surface area (Å²) in [4.78, 5) is 42.4. The molecule has 212 valence electrons. The molecule has 2 fully saturated rings. The number of halogens is 3. The highest BCUT2D eigenvalue weighted by Gasteiger charge is 2.33. The van der Waals surface area contributed by atoms with Gasteiger partial charge in [-0.05, 0) is 55.0 Å². The average Bonchev–Trinajstić information content (AvgIpc) is 3.60. The number of morpholine rings is 1. The summed E-state index contributed by atoms with van der Waals surface area (Å²) in [5.74, 6) is -0.383. The van der Waals surface area contributed by atoms with Crippen molar-refractivity contribution in [1.82, 2.24) is 10.2 Å². The van der Waals surface area contributed by atoms with Gasteiger partial charge in [0.1, 0.15) is 12.6 Å². The zero-order chi connectivity index (χ0) is 28.1. The van der Waals surface area contributed by atoms with Gasteiger partial charge in [-0.25, -0.2) is 8.78 Å². The highest BCUT2D eigenvalue weighted by molar-refractivity contribution is 7.18. The number of nitrogens with one attached hydrogen (secondary N) is 2. The Bertz CT molecular complexity index is 1190. The molecule has 0 radical (unpaired) electrons. The Morgan fingerprint density at radius 2 is 2.00 bits per heavy atom. The predicted molar refractivity (Wildman–Crippen MR) is 148 cm³/mol. The summed E-state index contributed by atoms with van der Waals surface area (Å²) in [6.45, 7) is 5.76. The maximum absolute atomic E-state index is 14.0. The molecule has 1 saturated carbocycles. The number of hydrogen-bond acceptors (Lipinski definition) is 6. The summed E-state index contributed by atoms with van der Waals surface area (Å²) in [5, 5.41) is 5.63. The molecule has 0 unspecified atom stereocenters. The zero-order valence-corrected chi connectivity index (χ0v) is 23.5. The molecule has 2 aliphatic rings. The fourth-order valence-electron chi connectivity index (χ4n) is 4.58. The predicted octanol–water partition coefficient (Wildman–Crippen LogP) is 4.81. The third-order valence-electron chi connectivity index (χ3n) is 6.59. The molecular weight excluding hydrogens is 550 g/mol. The Morgan fingerprint density at radius 1 is 1.23 bits per heavy atom. The molecule has 1 aromatic carbocycles. The van der Waals surface area contributed by atoms with Crippen molar-refractivity contribution in [2.24, 2.45) is 11.8 Å². The monoisotopic (exact) mass is 582 g/mol. The van der Waals surface area contributed by atoms with E-state index in [1.165, 1.54) is 23.1 Å². The zero-order valence-electron chi connectivity index (χ0n) is 21.9. The molecule has 1 aromatic heterocycles. The van der Waals surface area contributed by atoms with Gasteiger partial charge in [0.15, 0.2) is 0 Å². The number of carbonyl (C=O) groups excluding carboxylic acids is 3. The highest BCUT2D eigenvalue weighted by Crippen LogP contribution is 2.34. The van der Waals surface area contributed by atoms with Gasteiger partial charge in [-0.1, -0.05) is 25.4 Å². The van der Waals surface area contributed by atoms with E-state index in [-0.39, 0.29) is 55.1 Å². The molecule has 0 bridgehead atoms. The van der Waals surface area contributed by atoms with Crippen molar-refractivity contribution in [3.05, 3.63) is 45.1 Å². The lowest BCUT2D eigenvalue weighted by atomic mass is 10.1. The second-order valence-corrected chi connectivity index (χ2v) is 12.0. The topological polar surface area (TPSA) is 91.0 Å². The summed E-state index contributed by atoms with van der Waals surface area (Å²) >= 11 is 7.12. The minimum atomic E-state index is -2.85. The molecule has 1 saturated heterocycles. The van der Waals surface area contributed by atoms with Crippen molar-refractivity contribution in [3.63, 3.8) is 0 Å². The van der Waals surface area contributed by atoms with Gasteiger partial charge in [0.2, 0.25) is 5.91 Å². The van der Waals surface area contributed by atoms with Crippen LogP contribution in [0.3, 0.4) is 0 Å². The van der Waals surface area contributed by atoms with Crippen LogP contribution >= 0.6 is 22.9 Å². The van der Waals surface area contributed by atoms with E-state index in [0.717, 1.165) is 24.2 Å². The number of alkyl halides is 2. The van der Waals surface area contributed by atoms with Gasteiger partial charge in [0.25, 0.3) is 18.2 Å². The van der Waals surface area contributed by atoms with Crippen molar-refractivity contribution < 1.29 is 27.9 Å². The van der Waals surface area contributed by atoms with E-state index in [1.54, 1.807) is 12.1 Å².